The van der Waals surface area contributed by atoms with E-state index in [9.17, 15) is 24.0 Å². The summed E-state index contributed by atoms with van der Waals surface area (Å²) in [6, 6.07) is 6.31. The second-order valence-corrected chi connectivity index (χ2v) is 10.1. The number of guanidine groups is 1. The fraction of sp³-hybridized carbons (Fsp3) is 0.586. The first kappa shape index (κ1) is 50.5. The molecular weight excluding hydrogens is 634 g/mol. The number of hydrogen-bond donors (Lipinski definition) is 14. The van der Waals surface area contributed by atoms with Crippen LogP contribution in [-0.4, -0.2) is 105 Å². The number of carboxylic acid groups (broad SMARTS) is 5. The van der Waals surface area contributed by atoms with Crippen LogP contribution in [0.5, 0.6) is 0 Å². The summed E-state index contributed by atoms with van der Waals surface area (Å²) in [4.78, 5) is 50.1. The molecule has 0 saturated heterocycles. The van der Waals surface area contributed by atoms with Crippen LogP contribution in [0.1, 0.15) is 57.9 Å². The van der Waals surface area contributed by atoms with Crippen molar-refractivity contribution in [3.05, 3.63) is 35.9 Å². The van der Waals surface area contributed by atoms with Gasteiger partial charge in [0.25, 0.3) is 0 Å². The van der Waals surface area contributed by atoms with E-state index in [0.29, 0.717) is 38.8 Å². The summed E-state index contributed by atoms with van der Waals surface area (Å²) in [5, 5.41) is 50.5. The van der Waals surface area contributed by atoms with Gasteiger partial charge in [-0.05, 0) is 50.1 Å². The largest absolute Gasteiger partial charge is 0.480 e. The van der Waals surface area contributed by atoms with E-state index in [2.05, 4.69) is 11.1 Å². The van der Waals surface area contributed by atoms with Crippen LogP contribution >= 0.6 is 0 Å². The Morgan fingerprint density at radius 2 is 1.19 bits per heavy atom. The molecule has 5 unspecified atom stereocenters. The molecule has 19 nitrogen and oxygen atoms in total. The summed E-state index contributed by atoms with van der Waals surface area (Å²) in [6.07, 6.45) is 4.34. The molecule has 5 atom stereocenters. The van der Waals surface area contributed by atoms with Crippen LogP contribution in [0, 0.1) is 11.3 Å². The Kier molecular flexibility index (Phi) is 34.2. The van der Waals surface area contributed by atoms with E-state index in [1.165, 1.54) is 0 Å². The fourth-order valence-corrected chi connectivity index (χ4v) is 2.75. The number of benzene rings is 1. The van der Waals surface area contributed by atoms with Crippen LogP contribution in [0.2, 0.25) is 0 Å². The predicted molar refractivity (Wildman–Crippen MR) is 181 cm³/mol. The molecule has 0 aliphatic carbocycles. The molecule has 48 heavy (non-hydrogen) atoms. The van der Waals surface area contributed by atoms with Crippen LogP contribution in [0.15, 0.2) is 30.3 Å². The Morgan fingerprint density at radius 3 is 1.50 bits per heavy atom. The highest BCUT2D eigenvalue weighted by molar-refractivity contribution is 5.75. The Hall–Kier alpha value is -4.40. The van der Waals surface area contributed by atoms with Gasteiger partial charge in [-0.1, -0.05) is 57.0 Å². The van der Waals surface area contributed by atoms with Gasteiger partial charge < -0.3 is 71.0 Å². The van der Waals surface area contributed by atoms with Crippen molar-refractivity contribution in [2.24, 2.45) is 46.1 Å². The van der Waals surface area contributed by atoms with Crippen molar-refractivity contribution in [1.29, 1.82) is 5.41 Å². The number of nitrogens with one attached hydrogen (secondary N) is 2. The van der Waals surface area contributed by atoms with Gasteiger partial charge in [0.15, 0.2) is 5.96 Å². The lowest BCUT2D eigenvalue weighted by Crippen LogP contribution is -2.36. The van der Waals surface area contributed by atoms with E-state index >= 15 is 0 Å². The molecule has 278 valence electrons. The first-order valence-electron chi connectivity index (χ1n) is 15.0. The average Bonchev–Trinajstić information content (AvgIpc) is 3.03. The smallest absolute Gasteiger partial charge is 0.320 e. The normalized spacial score (nSPS) is 12.8. The highest BCUT2D eigenvalue weighted by atomic mass is 16.4. The van der Waals surface area contributed by atoms with E-state index in [1.54, 1.807) is 0 Å². The highest BCUT2D eigenvalue weighted by Crippen LogP contribution is 2.04. The lowest BCUT2D eigenvalue weighted by molar-refractivity contribution is -0.140. The van der Waals surface area contributed by atoms with Gasteiger partial charge in [0.05, 0.1) is 6.54 Å². The Bertz CT molecular complexity index is 1040. The summed E-state index contributed by atoms with van der Waals surface area (Å²) in [7, 11) is 0. The molecule has 0 aliphatic rings. The minimum atomic E-state index is -1.00. The van der Waals surface area contributed by atoms with E-state index in [0.717, 1.165) is 24.8 Å². The second kappa shape index (κ2) is 32.5. The molecule has 0 bridgehead atoms. The van der Waals surface area contributed by atoms with E-state index < -0.39 is 54.0 Å². The van der Waals surface area contributed by atoms with Gasteiger partial charge in [-0.25, -0.2) is 0 Å². The van der Waals surface area contributed by atoms with Crippen LogP contribution in [-0.2, 0) is 30.4 Å². The SMILES string of the molecule is CCC(C)C(N)C(=O)O.N=C(N)NCCCC(N)C(=O)O.NC(Cc1ccccc1)C(=O)O.NCC(=O)O.NCCCCC(N)C(=O)O. The zero-order valence-corrected chi connectivity index (χ0v) is 27.7. The van der Waals surface area contributed by atoms with E-state index in [4.69, 9.17) is 65.3 Å². The third-order valence-corrected chi connectivity index (χ3v) is 5.94. The first-order valence-corrected chi connectivity index (χ1v) is 15.0. The summed E-state index contributed by atoms with van der Waals surface area (Å²) in [6.45, 7) is 4.56. The summed E-state index contributed by atoms with van der Waals surface area (Å²) >= 11 is 0. The maximum absolute atomic E-state index is 10.4. The monoisotopic (exact) mass is 691 g/mol. The summed E-state index contributed by atoms with van der Waals surface area (Å²) < 4.78 is 0. The number of unbranched alkanes of at least 4 members (excludes halogenated alkanes) is 1. The summed E-state index contributed by atoms with van der Waals surface area (Å²) in [5.74, 6) is -4.82. The molecule has 0 spiro atoms. The highest BCUT2D eigenvalue weighted by Gasteiger charge is 2.17. The summed E-state index contributed by atoms with van der Waals surface area (Å²) in [5.41, 5.74) is 36.8. The van der Waals surface area contributed by atoms with Crippen molar-refractivity contribution in [1.82, 2.24) is 5.32 Å². The molecule has 1 rings (SSSR count). The lowest BCUT2D eigenvalue weighted by Gasteiger charge is -2.11. The molecule has 1 aromatic carbocycles. The molecule has 0 amide bonds. The maximum Gasteiger partial charge on any atom is 0.320 e. The molecule has 0 fully saturated rings. The average molecular weight is 692 g/mol. The molecule has 0 radical (unpaired) electrons. The van der Waals surface area contributed by atoms with Gasteiger partial charge in [0.1, 0.15) is 24.2 Å². The van der Waals surface area contributed by atoms with Crippen LogP contribution in [0.3, 0.4) is 0 Å². The molecule has 0 saturated carbocycles. The molecule has 0 aliphatic heterocycles. The third kappa shape index (κ3) is 36.1. The molecule has 21 N–H and O–H groups in total. The number of rotatable bonds is 17. The number of aliphatic carboxylic acids is 5. The minimum Gasteiger partial charge on any atom is -0.480 e. The van der Waals surface area contributed by atoms with Crippen molar-refractivity contribution in [3.63, 3.8) is 0 Å². The van der Waals surface area contributed by atoms with Gasteiger partial charge in [-0.15, -0.1) is 0 Å². The zero-order chi connectivity index (χ0) is 38.2. The van der Waals surface area contributed by atoms with Gasteiger partial charge in [0, 0.05) is 6.54 Å². The number of hydrogen-bond acceptors (Lipinski definition) is 12. The van der Waals surface area contributed by atoms with Gasteiger partial charge in [-0.2, -0.15) is 0 Å². The van der Waals surface area contributed by atoms with Crippen LogP contribution in [0.25, 0.3) is 0 Å². The molecule has 0 aromatic heterocycles. The van der Waals surface area contributed by atoms with Gasteiger partial charge in [0.2, 0.25) is 0 Å². The number of nitrogens with two attached hydrogens (primary N) is 7. The Labute approximate surface area is 280 Å². The number of carboxylic acids is 5. The van der Waals surface area contributed by atoms with Crippen molar-refractivity contribution in [2.75, 3.05) is 19.6 Å². The Balaban J connectivity index is -0.000000258. The lowest BCUT2D eigenvalue weighted by atomic mass is 10.0. The third-order valence-electron chi connectivity index (χ3n) is 5.94. The first-order chi connectivity index (χ1) is 22.3. The quantitative estimate of drug-likeness (QED) is 0.0491. The van der Waals surface area contributed by atoms with Crippen LogP contribution < -0.4 is 45.5 Å². The van der Waals surface area contributed by atoms with Gasteiger partial charge in [-0.3, -0.25) is 29.4 Å². The molecule has 19 heteroatoms. The topological polar surface area (TPSA) is 405 Å². The van der Waals surface area contributed by atoms with Crippen molar-refractivity contribution < 1.29 is 49.5 Å². The van der Waals surface area contributed by atoms with Gasteiger partial charge >= 0.3 is 29.8 Å². The van der Waals surface area contributed by atoms with Crippen molar-refractivity contribution in [3.8, 4) is 0 Å². The van der Waals surface area contributed by atoms with Crippen molar-refractivity contribution in [2.45, 2.75) is 83.0 Å². The predicted octanol–water partition coefficient (Wildman–Crippen LogP) is -1.70. The molecule has 0 heterocycles. The van der Waals surface area contributed by atoms with E-state index in [-0.39, 0.29) is 18.4 Å². The fourth-order valence-electron chi connectivity index (χ4n) is 2.75. The van der Waals surface area contributed by atoms with Crippen molar-refractivity contribution >= 4 is 35.8 Å². The zero-order valence-electron chi connectivity index (χ0n) is 27.7. The minimum absolute atomic E-state index is 0.0718. The molecule has 1 aromatic rings. The van der Waals surface area contributed by atoms with Crippen LogP contribution in [0.4, 0.5) is 0 Å². The Morgan fingerprint density at radius 1 is 0.750 bits per heavy atom. The maximum atomic E-state index is 10.4. The van der Waals surface area contributed by atoms with E-state index in [1.807, 2.05) is 44.2 Å². The second-order valence-electron chi connectivity index (χ2n) is 10.1. The standard InChI is InChI=1S/C9H11NO2.C6H14N4O2.C6H14N2O2.C6H13NO2.C2H5NO2/c10-8(9(11)12)6-7-4-2-1-3-5-7;7-4(5(11)12)2-1-3-10-6(8)9;7-4-2-1-3-5(8)6(9)10;1-3-4(2)5(7)6(8)9;3-1-2(4)5/h1-5,8H,6,10H2,(H,11,12);4H,1-3,7H2,(H,11,12)(H4,8,9,10);5H,1-4,7-8H2,(H,9,10);4-5H,3,7H2,1-2H3,(H,8,9);1,3H2,(H,4,5). The molecular formula is C29H57N9O10. The number of carbonyl (C=O) groups is 5.